The molecule has 1 N–H and O–H groups in total. The smallest absolute Gasteiger partial charge is 0.133 e. The first kappa shape index (κ1) is 15.0. The summed E-state index contributed by atoms with van der Waals surface area (Å²) in [5.74, 6) is 0.928. The van der Waals surface area contributed by atoms with Gasteiger partial charge in [0.05, 0.1) is 5.69 Å². The van der Waals surface area contributed by atoms with Crippen molar-refractivity contribution in [2.75, 3.05) is 5.32 Å². The average molecular weight is 278 g/mol. The number of benzene rings is 2. The summed E-state index contributed by atoms with van der Waals surface area (Å²) in [6, 6.07) is 20.2. The van der Waals surface area contributed by atoms with Crippen LogP contribution in [0.2, 0.25) is 0 Å². The molecule has 0 fully saturated rings. The molecule has 108 valence electrons. The highest BCUT2D eigenvalue weighted by Crippen LogP contribution is 2.17. The molecule has 2 rings (SSSR count). The fraction of sp³-hybridized carbons (Fsp3) is 0.211. The molecule has 2 heteroatoms. The Balaban J connectivity index is 2.35. The number of nitrogens with zero attached hydrogens (tertiary/aromatic N) is 1. The first-order chi connectivity index (χ1) is 10.3. The van der Waals surface area contributed by atoms with Crippen molar-refractivity contribution in [3.05, 3.63) is 72.3 Å². The lowest BCUT2D eigenvalue weighted by molar-refractivity contribution is 1.11. The molecular formula is C19H22N2. The average Bonchev–Trinajstić information content (AvgIpc) is 2.54. The van der Waals surface area contributed by atoms with E-state index in [9.17, 15) is 0 Å². The van der Waals surface area contributed by atoms with Gasteiger partial charge in [-0.2, -0.15) is 0 Å². The minimum absolute atomic E-state index is 0.928. The summed E-state index contributed by atoms with van der Waals surface area (Å²) < 4.78 is 0. The highest BCUT2D eigenvalue weighted by atomic mass is 15.0. The lowest BCUT2D eigenvalue weighted by Crippen LogP contribution is -2.14. The molecule has 0 atom stereocenters. The molecule has 2 aromatic carbocycles. The number of hydrogen-bond acceptors (Lipinski definition) is 1. The van der Waals surface area contributed by atoms with E-state index < -0.39 is 0 Å². The summed E-state index contributed by atoms with van der Waals surface area (Å²) in [7, 11) is 0. The molecule has 0 saturated carbocycles. The van der Waals surface area contributed by atoms with E-state index in [0.29, 0.717) is 0 Å². The molecule has 0 amide bonds. The topological polar surface area (TPSA) is 24.4 Å². The number of hydrogen-bond donors (Lipinski definition) is 1. The van der Waals surface area contributed by atoms with Gasteiger partial charge in [0.25, 0.3) is 0 Å². The number of rotatable bonds is 5. The summed E-state index contributed by atoms with van der Waals surface area (Å²) in [5, 5.41) is 3.45. The second-order valence-corrected chi connectivity index (χ2v) is 4.78. The predicted molar refractivity (Wildman–Crippen MR) is 92.3 cm³/mol. The molecule has 2 nitrogen and oxygen atoms in total. The van der Waals surface area contributed by atoms with E-state index in [-0.39, 0.29) is 0 Å². The highest BCUT2D eigenvalue weighted by molar-refractivity contribution is 6.09. The van der Waals surface area contributed by atoms with E-state index in [2.05, 4.69) is 37.4 Å². The maximum absolute atomic E-state index is 4.78. The lowest BCUT2D eigenvalue weighted by atomic mass is 10.1. The van der Waals surface area contributed by atoms with E-state index in [1.54, 1.807) is 0 Å². The molecule has 0 aliphatic rings. The normalized spacial score (nSPS) is 12.3. The predicted octanol–water partition coefficient (Wildman–Crippen LogP) is 5.58. The van der Waals surface area contributed by atoms with Crippen LogP contribution in [-0.4, -0.2) is 5.84 Å². The third-order valence-corrected chi connectivity index (χ3v) is 3.17. The molecule has 0 heterocycles. The maximum Gasteiger partial charge on any atom is 0.133 e. The Morgan fingerprint density at radius 1 is 0.952 bits per heavy atom. The number of anilines is 1. The SMILES string of the molecule is CC/C=C(\CC)C(=Nc1ccccc1)Nc1ccccc1. The van der Waals surface area contributed by atoms with Gasteiger partial charge in [-0.05, 0) is 42.7 Å². The van der Waals surface area contributed by atoms with Crippen LogP contribution in [0.1, 0.15) is 26.7 Å². The molecule has 2 aromatic rings. The molecule has 0 saturated heterocycles. The zero-order valence-electron chi connectivity index (χ0n) is 12.7. The van der Waals surface area contributed by atoms with Gasteiger partial charge >= 0.3 is 0 Å². The van der Waals surface area contributed by atoms with Crippen LogP contribution in [0.5, 0.6) is 0 Å². The summed E-state index contributed by atoms with van der Waals surface area (Å²) in [4.78, 5) is 4.78. The van der Waals surface area contributed by atoms with Crippen molar-refractivity contribution in [3.63, 3.8) is 0 Å². The largest absolute Gasteiger partial charge is 0.340 e. The van der Waals surface area contributed by atoms with E-state index >= 15 is 0 Å². The molecule has 0 aliphatic heterocycles. The molecule has 21 heavy (non-hydrogen) atoms. The molecule has 0 aliphatic carbocycles. The minimum Gasteiger partial charge on any atom is -0.340 e. The molecule has 0 radical (unpaired) electrons. The van der Waals surface area contributed by atoms with Crippen LogP contribution in [0.4, 0.5) is 11.4 Å². The van der Waals surface area contributed by atoms with Crippen LogP contribution in [0, 0.1) is 0 Å². The number of amidine groups is 1. The number of aliphatic imine (C=N–C) groups is 1. The van der Waals surface area contributed by atoms with Gasteiger partial charge in [0.15, 0.2) is 0 Å². The second-order valence-electron chi connectivity index (χ2n) is 4.78. The van der Waals surface area contributed by atoms with Crippen LogP contribution in [0.3, 0.4) is 0 Å². The Labute approximate surface area is 127 Å². The first-order valence-corrected chi connectivity index (χ1v) is 7.48. The van der Waals surface area contributed by atoms with Crippen molar-refractivity contribution in [1.82, 2.24) is 0 Å². The van der Waals surface area contributed by atoms with Crippen molar-refractivity contribution in [2.24, 2.45) is 4.99 Å². The Hall–Kier alpha value is -2.35. The molecule has 0 bridgehead atoms. The highest BCUT2D eigenvalue weighted by Gasteiger charge is 2.06. The summed E-state index contributed by atoms with van der Waals surface area (Å²) in [6.07, 6.45) is 4.20. The fourth-order valence-electron chi connectivity index (χ4n) is 2.12. The van der Waals surface area contributed by atoms with Gasteiger partial charge in [0.2, 0.25) is 0 Å². The van der Waals surface area contributed by atoms with Gasteiger partial charge in [-0.25, -0.2) is 4.99 Å². The van der Waals surface area contributed by atoms with Crippen LogP contribution >= 0.6 is 0 Å². The number of para-hydroxylation sites is 2. The minimum atomic E-state index is 0.928. The van der Waals surface area contributed by atoms with Crippen molar-refractivity contribution >= 4 is 17.2 Å². The molecule has 0 unspecified atom stereocenters. The van der Waals surface area contributed by atoms with Crippen molar-refractivity contribution in [1.29, 1.82) is 0 Å². The van der Waals surface area contributed by atoms with Crippen molar-refractivity contribution < 1.29 is 0 Å². The van der Waals surface area contributed by atoms with Gasteiger partial charge in [0, 0.05) is 5.69 Å². The third kappa shape index (κ3) is 4.60. The van der Waals surface area contributed by atoms with Crippen LogP contribution in [0.25, 0.3) is 0 Å². The first-order valence-electron chi connectivity index (χ1n) is 7.48. The van der Waals surface area contributed by atoms with Gasteiger partial charge in [-0.1, -0.05) is 56.3 Å². The summed E-state index contributed by atoms with van der Waals surface area (Å²) >= 11 is 0. The Bertz CT molecular complexity index is 598. The van der Waals surface area contributed by atoms with Crippen LogP contribution < -0.4 is 5.32 Å². The van der Waals surface area contributed by atoms with E-state index in [0.717, 1.165) is 30.1 Å². The molecule has 0 spiro atoms. The lowest BCUT2D eigenvalue weighted by Gasteiger charge is -2.13. The Morgan fingerprint density at radius 2 is 1.57 bits per heavy atom. The third-order valence-electron chi connectivity index (χ3n) is 3.17. The van der Waals surface area contributed by atoms with E-state index in [1.165, 1.54) is 5.57 Å². The van der Waals surface area contributed by atoms with Crippen molar-refractivity contribution in [3.8, 4) is 0 Å². The number of nitrogens with one attached hydrogen (secondary N) is 1. The van der Waals surface area contributed by atoms with E-state index in [4.69, 9.17) is 4.99 Å². The maximum atomic E-state index is 4.78. The van der Waals surface area contributed by atoms with Gasteiger partial charge in [-0.15, -0.1) is 0 Å². The standard InChI is InChI=1S/C19H22N2/c1-3-11-16(4-2)19(20-17-12-7-5-8-13-17)21-18-14-9-6-10-15-18/h5-15H,3-4H2,1-2H3,(H,20,21)/b16-11+. The number of allylic oxidation sites excluding steroid dienone is 1. The van der Waals surface area contributed by atoms with E-state index in [1.807, 2.05) is 48.5 Å². The zero-order valence-corrected chi connectivity index (χ0v) is 12.7. The van der Waals surface area contributed by atoms with Gasteiger partial charge in [0.1, 0.15) is 5.84 Å². The van der Waals surface area contributed by atoms with Crippen molar-refractivity contribution in [2.45, 2.75) is 26.7 Å². The summed E-state index contributed by atoms with van der Waals surface area (Å²) in [6.45, 7) is 4.31. The quantitative estimate of drug-likeness (QED) is 0.560. The molecular weight excluding hydrogens is 256 g/mol. The molecule has 0 aromatic heterocycles. The summed E-state index contributed by atoms with van der Waals surface area (Å²) in [5.41, 5.74) is 3.26. The Kier molecular flexibility index (Phi) is 5.77. The zero-order chi connectivity index (χ0) is 14.9. The monoisotopic (exact) mass is 278 g/mol. The van der Waals surface area contributed by atoms with Gasteiger partial charge in [-0.3, -0.25) is 0 Å². The Morgan fingerprint density at radius 3 is 2.14 bits per heavy atom. The van der Waals surface area contributed by atoms with Crippen LogP contribution in [-0.2, 0) is 0 Å². The van der Waals surface area contributed by atoms with Crippen LogP contribution in [0.15, 0.2) is 77.3 Å². The fourth-order valence-corrected chi connectivity index (χ4v) is 2.12. The van der Waals surface area contributed by atoms with Gasteiger partial charge < -0.3 is 5.32 Å². The second kappa shape index (κ2) is 8.05.